The first kappa shape index (κ1) is 10.9. The molecule has 1 aromatic heterocycles. The summed E-state index contributed by atoms with van der Waals surface area (Å²) in [6, 6.07) is 8.28. The van der Waals surface area contributed by atoms with E-state index in [-0.39, 0.29) is 0 Å². The molecule has 3 heteroatoms. The van der Waals surface area contributed by atoms with E-state index in [0.29, 0.717) is 5.92 Å². The van der Waals surface area contributed by atoms with E-state index in [4.69, 9.17) is 11.6 Å². The number of fused-ring (bicyclic) bond motifs is 1. The van der Waals surface area contributed by atoms with E-state index in [1.165, 1.54) is 9.71 Å². The molecule has 0 amide bonds. The molecule has 0 saturated heterocycles. The summed E-state index contributed by atoms with van der Waals surface area (Å²) in [5.74, 6) is 1.29. The van der Waals surface area contributed by atoms with E-state index in [1.807, 2.05) is 6.07 Å². The number of halogens is 1. The van der Waals surface area contributed by atoms with Crippen molar-refractivity contribution in [3.8, 4) is 0 Å². The summed E-state index contributed by atoms with van der Waals surface area (Å²) in [5.41, 5.74) is 1.11. The van der Waals surface area contributed by atoms with E-state index in [9.17, 15) is 0 Å². The van der Waals surface area contributed by atoms with Gasteiger partial charge in [-0.15, -0.1) is 22.9 Å². The van der Waals surface area contributed by atoms with Crippen molar-refractivity contribution in [1.82, 2.24) is 4.98 Å². The number of rotatable bonds is 4. The zero-order chi connectivity index (χ0) is 10.7. The van der Waals surface area contributed by atoms with Crippen LogP contribution in [0.1, 0.15) is 18.4 Å². The summed E-state index contributed by atoms with van der Waals surface area (Å²) >= 11 is 7.68. The molecule has 0 N–H and O–H groups in total. The van der Waals surface area contributed by atoms with Crippen LogP contribution in [0.2, 0.25) is 0 Å². The lowest BCUT2D eigenvalue weighted by molar-refractivity contribution is 0.565. The standard InChI is InChI=1S/C12H14ClNS/c1-2-9(8-13)7-12-14-10-5-3-4-6-11(10)15-12/h3-6,9H,2,7-8H2,1H3. The second kappa shape index (κ2) is 4.95. The van der Waals surface area contributed by atoms with Gasteiger partial charge in [0.05, 0.1) is 15.2 Å². The van der Waals surface area contributed by atoms with Crippen LogP contribution in [0.3, 0.4) is 0 Å². The number of nitrogens with zero attached hydrogens (tertiary/aromatic N) is 1. The molecule has 0 aliphatic rings. The van der Waals surface area contributed by atoms with Crippen molar-refractivity contribution in [2.45, 2.75) is 19.8 Å². The van der Waals surface area contributed by atoms with Crippen LogP contribution in [-0.4, -0.2) is 10.9 Å². The van der Waals surface area contributed by atoms with Crippen molar-refractivity contribution in [3.05, 3.63) is 29.3 Å². The van der Waals surface area contributed by atoms with Crippen LogP contribution in [-0.2, 0) is 6.42 Å². The SMILES string of the molecule is CCC(CCl)Cc1nc2ccccc2s1. The number of aromatic nitrogens is 1. The quantitative estimate of drug-likeness (QED) is 0.732. The molecule has 0 spiro atoms. The highest BCUT2D eigenvalue weighted by Gasteiger charge is 2.09. The summed E-state index contributed by atoms with van der Waals surface area (Å²) in [7, 11) is 0. The first-order valence-corrected chi connectivity index (χ1v) is 6.59. The summed E-state index contributed by atoms with van der Waals surface area (Å²) in [6.45, 7) is 2.18. The number of hydrogen-bond donors (Lipinski definition) is 0. The zero-order valence-electron chi connectivity index (χ0n) is 8.74. The van der Waals surface area contributed by atoms with Gasteiger partial charge in [0.2, 0.25) is 0 Å². The summed E-state index contributed by atoms with van der Waals surface area (Å²) < 4.78 is 1.27. The Hall–Kier alpha value is -0.600. The molecule has 0 saturated carbocycles. The van der Waals surface area contributed by atoms with Gasteiger partial charge in [-0.2, -0.15) is 0 Å². The highest BCUT2D eigenvalue weighted by atomic mass is 35.5. The van der Waals surface area contributed by atoms with Crippen molar-refractivity contribution >= 4 is 33.2 Å². The lowest BCUT2D eigenvalue weighted by atomic mass is 10.1. The smallest absolute Gasteiger partial charge is 0.0941 e. The first-order valence-electron chi connectivity index (χ1n) is 5.24. The topological polar surface area (TPSA) is 12.9 Å². The van der Waals surface area contributed by atoms with Crippen LogP contribution in [0.15, 0.2) is 24.3 Å². The average Bonchev–Trinajstić information content (AvgIpc) is 2.68. The molecule has 80 valence electrons. The van der Waals surface area contributed by atoms with Crippen LogP contribution < -0.4 is 0 Å². The second-order valence-corrected chi connectivity index (χ2v) is 5.13. The molecular weight excluding hydrogens is 226 g/mol. The van der Waals surface area contributed by atoms with Crippen molar-refractivity contribution in [2.24, 2.45) is 5.92 Å². The Morgan fingerprint density at radius 1 is 1.40 bits per heavy atom. The fourth-order valence-electron chi connectivity index (χ4n) is 1.56. The molecule has 15 heavy (non-hydrogen) atoms. The van der Waals surface area contributed by atoms with Crippen LogP contribution in [0.5, 0.6) is 0 Å². The van der Waals surface area contributed by atoms with Gasteiger partial charge < -0.3 is 0 Å². The van der Waals surface area contributed by atoms with Gasteiger partial charge in [0.25, 0.3) is 0 Å². The predicted octanol–water partition coefficient (Wildman–Crippen LogP) is 4.10. The molecule has 2 aromatic rings. The molecule has 0 aliphatic carbocycles. The van der Waals surface area contributed by atoms with Crippen molar-refractivity contribution in [2.75, 3.05) is 5.88 Å². The number of thiazole rings is 1. The summed E-state index contributed by atoms with van der Waals surface area (Å²) in [6.07, 6.45) is 2.14. The molecule has 0 radical (unpaired) electrons. The van der Waals surface area contributed by atoms with Crippen molar-refractivity contribution in [1.29, 1.82) is 0 Å². The molecule has 0 bridgehead atoms. The van der Waals surface area contributed by atoms with Gasteiger partial charge in [-0.05, 0) is 18.1 Å². The Morgan fingerprint density at radius 3 is 2.87 bits per heavy atom. The molecule has 0 aliphatic heterocycles. The molecular formula is C12H14ClNS. The van der Waals surface area contributed by atoms with E-state index in [1.54, 1.807) is 11.3 Å². The molecule has 2 rings (SSSR count). The van der Waals surface area contributed by atoms with Gasteiger partial charge in [0.15, 0.2) is 0 Å². The molecule has 1 atom stereocenters. The fourth-order valence-corrected chi connectivity index (χ4v) is 2.97. The maximum atomic E-state index is 5.89. The minimum atomic E-state index is 0.562. The monoisotopic (exact) mass is 239 g/mol. The van der Waals surface area contributed by atoms with E-state index in [0.717, 1.165) is 24.2 Å². The Balaban J connectivity index is 2.21. The molecule has 1 heterocycles. The molecule has 0 fully saturated rings. The number of para-hydroxylation sites is 1. The third-order valence-corrected chi connectivity index (χ3v) is 4.09. The zero-order valence-corrected chi connectivity index (χ0v) is 10.3. The van der Waals surface area contributed by atoms with E-state index in [2.05, 4.69) is 30.1 Å². The van der Waals surface area contributed by atoms with E-state index < -0.39 is 0 Å². The maximum absolute atomic E-state index is 5.89. The highest BCUT2D eigenvalue weighted by Crippen LogP contribution is 2.24. The molecule has 1 unspecified atom stereocenters. The second-order valence-electron chi connectivity index (χ2n) is 3.71. The minimum absolute atomic E-state index is 0.562. The minimum Gasteiger partial charge on any atom is -0.241 e. The van der Waals surface area contributed by atoms with E-state index >= 15 is 0 Å². The van der Waals surface area contributed by atoms with Gasteiger partial charge in [-0.3, -0.25) is 0 Å². The van der Waals surface area contributed by atoms with Gasteiger partial charge in [-0.1, -0.05) is 25.5 Å². The Bertz CT molecular complexity index is 401. The fraction of sp³-hybridized carbons (Fsp3) is 0.417. The average molecular weight is 240 g/mol. The Kier molecular flexibility index (Phi) is 3.60. The lowest BCUT2D eigenvalue weighted by Crippen LogP contribution is -2.04. The van der Waals surface area contributed by atoms with Crippen LogP contribution in [0, 0.1) is 5.92 Å². The largest absolute Gasteiger partial charge is 0.241 e. The van der Waals surface area contributed by atoms with Gasteiger partial charge in [-0.25, -0.2) is 4.98 Å². The van der Waals surface area contributed by atoms with Gasteiger partial charge in [0, 0.05) is 12.3 Å². The number of benzene rings is 1. The number of alkyl halides is 1. The van der Waals surface area contributed by atoms with Crippen molar-refractivity contribution in [3.63, 3.8) is 0 Å². The van der Waals surface area contributed by atoms with Gasteiger partial charge in [0.1, 0.15) is 0 Å². The third-order valence-electron chi connectivity index (χ3n) is 2.60. The lowest BCUT2D eigenvalue weighted by Gasteiger charge is -2.07. The van der Waals surface area contributed by atoms with Gasteiger partial charge >= 0.3 is 0 Å². The van der Waals surface area contributed by atoms with Crippen LogP contribution >= 0.6 is 22.9 Å². The Labute approximate surface area is 99.1 Å². The number of hydrogen-bond acceptors (Lipinski definition) is 2. The Morgan fingerprint density at radius 2 is 2.20 bits per heavy atom. The first-order chi connectivity index (χ1) is 7.33. The highest BCUT2D eigenvalue weighted by molar-refractivity contribution is 7.18. The molecule has 1 nitrogen and oxygen atoms in total. The normalized spacial score (nSPS) is 13.2. The van der Waals surface area contributed by atoms with Crippen LogP contribution in [0.25, 0.3) is 10.2 Å². The maximum Gasteiger partial charge on any atom is 0.0941 e. The summed E-state index contributed by atoms with van der Waals surface area (Å²) in [4.78, 5) is 4.61. The predicted molar refractivity (Wildman–Crippen MR) is 67.8 cm³/mol. The third kappa shape index (κ3) is 2.50. The molecule has 1 aromatic carbocycles. The van der Waals surface area contributed by atoms with Crippen molar-refractivity contribution < 1.29 is 0 Å². The summed E-state index contributed by atoms with van der Waals surface area (Å²) in [5, 5.41) is 1.21. The van der Waals surface area contributed by atoms with Crippen LogP contribution in [0.4, 0.5) is 0 Å².